The molecule has 0 aliphatic rings. The second-order valence-electron chi connectivity index (χ2n) is 11.3. The maximum Gasteiger partial charge on any atom is -0.0274 e. The molecule has 0 aromatic rings. The van der Waals surface area contributed by atoms with Crippen molar-refractivity contribution in [1.29, 1.82) is 0 Å². The second-order valence-corrected chi connectivity index (χ2v) is 11.3. The van der Waals surface area contributed by atoms with E-state index in [2.05, 4.69) is 93.5 Å². The van der Waals surface area contributed by atoms with Crippen LogP contribution in [0.4, 0.5) is 0 Å². The fraction of sp³-hybridized carbons (Fsp3) is 0.714. The van der Waals surface area contributed by atoms with Gasteiger partial charge in [-0.3, -0.25) is 0 Å². The Labute approximate surface area is 178 Å². The molecule has 0 aromatic heterocycles. The van der Waals surface area contributed by atoms with E-state index in [-0.39, 0.29) is 0 Å². The first kappa shape index (κ1) is 27.0. The van der Waals surface area contributed by atoms with E-state index in [1.54, 1.807) is 0 Å². The fourth-order valence-electron chi connectivity index (χ4n) is 3.33. The number of rotatable bonds is 11. The molecule has 0 atom stereocenters. The third-order valence-electron chi connectivity index (χ3n) is 4.97. The number of hydrogen-bond acceptors (Lipinski definition) is 0. The van der Waals surface area contributed by atoms with Crippen LogP contribution in [0.25, 0.3) is 0 Å². The van der Waals surface area contributed by atoms with Crippen LogP contribution in [0.3, 0.4) is 0 Å². The molecule has 162 valence electrons. The van der Waals surface area contributed by atoms with Gasteiger partial charge in [0.25, 0.3) is 0 Å². The average Bonchev–Trinajstić information content (AvgIpc) is 2.50. The molecule has 0 radical (unpaired) electrons. The summed E-state index contributed by atoms with van der Waals surface area (Å²) in [5.74, 6) is 0. The highest BCUT2D eigenvalue weighted by molar-refractivity contribution is 5.08. The van der Waals surface area contributed by atoms with Gasteiger partial charge in [-0.15, -0.1) is 0 Å². The van der Waals surface area contributed by atoms with Gasteiger partial charge in [0.05, 0.1) is 0 Å². The van der Waals surface area contributed by atoms with Crippen LogP contribution in [-0.4, -0.2) is 0 Å². The quantitative estimate of drug-likeness (QED) is 0.310. The predicted octanol–water partition coefficient (Wildman–Crippen LogP) is 9.98. The lowest BCUT2D eigenvalue weighted by atomic mass is 9.88. The average molecular weight is 387 g/mol. The van der Waals surface area contributed by atoms with E-state index in [4.69, 9.17) is 0 Å². The van der Waals surface area contributed by atoms with Crippen molar-refractivity contribution in [2.24, 2.45) is 10.8 Å². The molecule has 0 aromatic carbocycles. The van der Waals surface area contributed by atoms with Gasteiger partial charge in [0, 0.05) is 0 Å². The molecule has 0 bridgehead atoms. The molecule has 0 aliphatic heterocycles. The molecule has 0 spiro atoms. The Kier molecular flexibility index (Phi) is 12.7. The molecule has 0 rings (SSSR count). The van der Waals surface area contributed by atoms with Crippen molar-refractivity contribution in [3.63, 3.8) is 0 Å². The van der Waals surface area contributed by atoms with Crippen LogP contribution in [-0.2, 0) is 0 Å². The summed E-state index contributed by atoms with van der Waals surface area (Å²) >= 11 is 0. The first-order valence-electron chi connectivity index (χ1n) is 11.4. The highest BCUT2D eigenvalue weighted by atomic mass is 14.2. The van der Waals surface area contributed by atoms with Gasteiger partial charge in [0.1, 0.15) is 0 Å². The largest absolute Gasteiger partial charge is 0.0853 e. The van der Waals surface area contributed by atoms with E-state index in [0.717, 1.165) is 0 Å². The minimum absolute atomic E-state index is 0.399. The van der Waals surface area contributed by atoms with Crippen LogP contribution >= 0.6 is 0 Å². The lowest BCUT2D eigenvalue weighted by Gasteiger charge is -2.18. The molecule has 0 heterocycles. The fourth-order valence-corrected chi connectivity index (χ4v) is 3.33. The van der Waals surface area contributed by atoms with Crippen molar-refractivity contribution in [1.82, 2.24) is 0 Å². The minimum Gasteiger partial charge on any atom is -0.0853 e. The second kappa shape index (κ2) is 13.2. The smallest absolute Gasteiger partial charge is 0.0274 e. The van der Waals surface area contributed by atoms with Gasteiger partial charge in [0.2, 0.25) is 0 Å². The molecular weight excluding hydrogens is 336 g/mol. The summed E-state index contributed by atoms with van der Waals surface area (Å²) in [7, 11) is 0. The monoisotopic (exact) mass is 386 g/mol. The molecule has 0 saturated carbocycles. The Morgan fingerprint density at radius 3 is 1.21 bits per heavy atom. The molecule has 0 unspecified atom stereocenters. The van der Waals surface area contributed by atoms with E-state index in [9.17, 15) is 0 Å². The Balaban J connectivity index is 4.15. The van der Waals surface area contributed by atoms with Crippen molar-refractivity contribution in [2.45, 2.75) is 121 Å². The third kappa shape index (κ3) is 18.3. The van der Waals surface area contributed by atoms with Gasteiger partial charge in [-0.25, -0.2) is 0 Å². The molecule has 0 nitrogen and oxygen atoms in total. The van der Waals surface area contributed by atoms with Crippen LogP contribution in [0.2, 0.25) is 0 Å². The van der Waals surface area contributed by atoms with Gasteiger partial charge in [-0.1, -0.05) is 88.1 Å². The zero-order valence-corrected chi connectivity index (χ0v) is 21.0. The molecule has 0 fully saturated rings. The molecule has 0 N–H and O–H groups in total. The summed E-state index contributed by atoms with van der Waals surface area (Å²) in [6, 6.07) is 0. The van der Waals surface area contributed by atoms with Crippen LogP contribution in [0.5, 0.6) is 0 Å². The molecule has 0 heteroatoms. The maximum atomic E-state index is 2.44. The van der Waals surface area contributed by atoms with Crippen molar-refractivity contribution in [2.75, 3.05) is 0 Å². The van der Waals surface area contributed by atoms with Gasteiger partial charge in [-0.05, 0) is 89.9 Å². The lowest BCUT2D eigenvalue weighted by molar-refractivity contribution is 0.409. The summed E-state index contributed by atoms with van der Waals surface area (Å²) < 4.78 is 0. The zero-order chi connectivity index (χ0) is 21.8. The Morgan fingerprint density at radius 2 is 0.857 bits per heavy atom. The van der Waals surface area contributed by atoms with Crippen LogP contribution in [0.1, 0.15) is 121 Å². The highest BCUT2D eigenvalue weighted by Gasteiger charge is 2.10. The van der Waals surface area contributed by atoms with Crippen LogP contribution in [0.15, 0.2) is 46.6 Å². The SMILES string of the molecule is C/C(=C\CC/C(C)=C/CC(C)(C)C)CC/C=C(\C)CC/C=C(\C)CC(C)(C)C. The predicted molar refractivity (Wildman–Crippen MR) is 131 cm³/mol. The van der Waals surface area contributed by atoms with E-state index in [1.807, 2.05) is 0 Å². The van der Waals surface area contributed by atoms with Crippen molar-refractivity contribution in [3.05, 3.63) is 46.6 Å². The summed E-state index contributed by atoms with van der Waals surface area (Å²) in [6.07, 6.45) is 19.2. The van der Waals surface area contributed by atoms with Gasteiger partial charge >= 0.3 is 0 Å². The first-order chi connectivity index (χ1) is 12.8. The normalized spacial score (nSPS) is 15.4. The molecule has 0 amide bonds. The minimum atomic E-state index is 0.399. The molecule has 0 saturated heterocycles. The van der Waals surface area contributed by atoms with Crippen LogP contribution in [0, 0.1) is 10.8 Å². The van der Waals surface area contributed by atoms with Crippen molar-refractivity contribution < 1.29 is 0 Å². The topological polar surface area (TPSA) is 0 Å². The van der Waals surface area contributed by atoms with E-state index >= 15 is 0 Å². The first-order valence-corrected chi connectivity index (χ1v) is 11.4. The Bertz CT molecular complexity index is 550. The van der Waals surface area contributed by atoms with Crippen molar-refractivity contribution in [3.8, 4) is 0 Å². The highest BCUT2D eigenvalue weighted by Crippen LogP contribution is 2.24. The van der Waals surface area contributed by atoms with Gasteiger partial charge in [0.15, 0.2) is 0 Å². The van der Waals surface area contributed by atoms with Gasteiger partial charge < -0.3 is 0 Å². The van der Waals surface area contributed by atoms with E-state index in [1.165, 1.54) is 73.7 Å². The Hall–Kier alpha value is -1.04. The zero-order valence-electron chi connectivity index (χ0n) is 21.0. The number of hydrogen-bond donors (Lipinski definition) is 0. The standard InChI is InChI=1S/C28H50/c1-23(16-12-18-25(3)20-21-27(5,6)7)14-11-15-24(2)17-13-19-26(4)22-28(8,9)10/h15-16,19-20H,11-14,17-18,21-22H2,1-10H3/b23-16+,24-15+,25-20+,26-19+. The molecule has 28 heavy (non-hydrogen) atoms. The third-order valence-corrected chi connectivity index (χ3v) is 4.97. The summed E-state index contributed by atoms with van der Waals surface area (Å²) in [5.41, 5.74) is 6.94. The van der Waals surface area contributed by atoms with Crippen LogP contribution < -0.4 is 0 Å². The molecule has 0 aliphatic carbocycles. The number of allylic oxidation sites excluding steroid dienone is 8. The maximum absolute atomic E-state index is 2.44. The van der Waals surface area contributed by atoms with E-state index in [0.29, 0.717) is 10.8 Å². The lowest BCUT2D eigenvalue weighted by Crippen LogP contribution is -2.04. The summed E-state index contributed by atoms with van der Waals surface area (Å²) in [4.78, 5) is 0. The summed E-state index contributed by atoms with van der Waals surface area (Å²) in [6.45, 7) is 23.0. The summed E-state index contributed by atoms with van der Waals surface area (Å²) in [5, 5.41) is 0. The molecular formula is C28H50. The Morgan fingerprint density at radius 1 is 0.500 bits per heavy atom. The van der Waals surface area contributed by atoms with Crippen molar-refractivity contribution >= 4 is 0 Å². The van der Waals surface area contributed by atoms with Gasteiger partial charge in [-0.2, -0.15) is 0 Å². The van der Waals surface area contributed by atoms with E-state index < -0.39 is 0 Å².